The molecule has 0 unspecified atom stereocenters. The third-order valence-corrected chi connectivity index (χ3v) is 6.59. The van der Waals surface area contributed by atoms with Gasteiger partial charge in [0.1, 0.15) is 5.82 Å². The minimum Gasteiger partial charge on any atom is -0.311 e. The van der Waals surface area contributed by atoms with Crippen LogP contribution < -0.4 is 4.31 Å². The van der Waals surface area contributed by atoms with Crippen LogP contribution in [0.15, 0.2) is 53.4 Å². The molecule has 2 aliphatic heterocycles. The Hall–Kier alpha value is -1.52. The van der Waals surface area contributed by atoms with Crippen LogP contribution in [0.4, 0.5) is 10.1 Å². The van der Waals surface area contributed by atoms with Crippen molar-refractivity contribution in [3.05, 3.63) is 59.9 Å². The fourth-order valence-electron chi connectivity index (χ4n) is 4.23. The monoisotopic (exact) mass is 356 g/mol. The van der Waals surface area contributed by atoms with Gasteiger partial charge in [-0.2, -0.15) is 0 Å². The molecule has 0 amide bonds. The average molecular weight is 357 g/mol. The Kier molecular flexibility index (Phi) is 4.74. The number of nitrogens with zero attached hydrogens (tertiary/aromatic N) is 2. The number of fused-ring (bicyclic) bond motifs is 2. The molecule has 0 aromatic heterocycles. The molecule has 0 radical (unpaired) electrons. The predicted molar refractivity (Wildman–Crippen MR) is 104 cm³/mol. The van der Waals surface area contributed by atoms with E-state index in [0.717, 1.165) is 32.5 Å². The van der Waals surface area contributed by atoms with Crippen molar-refractivity contribution in [2.45, 2.75) is 36.5 Å². The third-order valence-electron chi connectivity index (χ3n) is 5.56. The van der Waals surface area contributed by atoms with Crippen molar-refractivity contribution >= 4 is 17.6 Å². The van der Waals surface area contributed by atoms with Gasteiger partial charge in [-0.15, -0.1) is 0 Å². The van der Waals surface area contributed by atoms with E-state index in [-0.39, 0.29) is 11.2 Å². The molecule has 1 saturated heterocycles. The van der Waals surface area contributed by atoms with Gasteiger partial charge in [0.2, 0.25) is 0 Å². The van der Waals surface area contributed by atoms with Crippen molar-refractivity contribution in [3.63, 3.8) is 0 Å². The maximum absolute atomic E-state index is 14.0. The van der Waals surface area contributed by atoms with E-state index in [1.165, 1.54) is 29.1 Å². The first-order valence-electron chi connectivity index (χ1n) is 9.23. The zero-order chi connectivity index (χ0) is 17.3. The molecule has 0 atom stereocenters. The Morgan fingerprint density at radius 2 is 1.84 bits per heavy atom. The number of anilines is 1. The molecule has 2 aromatic rings. The van der Waals surface area contributed by atoms with Crippen LogP contribution in [0.1, 0.15) is 31.7 Å². The summed E-state index contributed by atoms with van der Waals surface area (Å²) < 4.78 is 16.4. The Labute approximate surface area is 154 Å². The summed E-state index contributed by atoms with van der Waals surface area (Å²) in [5.74, 6) is -0.110. The molecule has 0 aliphatic carbocycles. The molecular weight excluding hydrogens is 331 g/mol. The number of hydrogen-bond acceptors (Lipinski definition) is 3. The maximum Gasteiger partial charge on any atom is 0.123 e. The predicted octanol–water partition coefficient (Wildman–Crippen LogP) is 5.10. The second kappa shape index (κ2) is 7.00. The van der Waals surface area contributed by atoms with E-state index in [4.69, 9.17) is 0 Å². The molecule has 2 aromatic carbocycles. The molecule has 0 saturated carbocycles. The standard InChI is InChI=1S/C21H25FN2S/c1-2-12-23-13-10-21(11-14-23)16-24(25-18-6-4-3-5-7-18)20-9-8-17(22)15-19(20)21/h3-9,15H,2,10-14,16H2,1H3. The first-order valence-corrected chi connectivity index (χ1v) is 10.0. The summed E-state index contributed by atoms with van der Waals surface area (Å²) in [5, 5.41) is 0. The number of hydrogen-bond donors (Lipinski definition) is 0. The lowest BCUT2D eigenvalue weighted by atomic mass is 9.74. The van der Waals surface area contributed by atoms with Gasteiger partial charge in [-0.1, -0.05) is 25.1 Å². The van der Waals surface area contributed by atoms with Crippen LogP contribution in [0.3, 0.4) is 0 Å². The largest absolute Gasteiger partial charge is 0.311 e. The molecule has 1 spiro atoms. The highest BCUT2D eigenvalue weighted by Crippen LogP contribution is 2.50. The molecule has 2 aliphatic rings. The second-order valence-electron chi connectivity index (χ2n) is 7.22. The van der Waals surface area contributed by atoms with E-state index in [1.54, 1.807) is 24.1 Å². The smallest absolute Gasteiger partial charge is 0.123 e. The lowest BCUT2D eigenvalue weighted by Gasteiger charge is -2.39. The Morgan fingerprint density at radius 3 is 2.56 bits per heavy atom. The summed E-state index contributed by atoms with van der Waals surface area (Å²) in [6.07, 6.45) is 3.44. The SMILES string of the molecule is CCCN1CCC2(CC1)CN(Sc1ccccc1)c1ccc(F)cc12. The van der Waals surface area contributed by atoms with E-state index in [1.807, 2.05) is 12.1 Å². The Morgan fingerprint density at radius 1 is 1.08 bits per heavy atom. The highest BCUT2D eigenvalue weighted by molar-refractivity contribution is 8.00. The van der Waals surface area contributed by atoms with Gasteiger partial charge in [-0.25, -0.2) is 4.39 Å². The summed E-state index contributed by atoms with van der Waals surface area (Å²) in [4.78, 5) is 3.79. The van der Waals surface area contributed by atoms with Crippen molar-refractivity contribution in [1.29, 1.82) is 0 Å². The minimum atomic E-state index is -0.110. The summed E-state index contributed by atoms with van der Waals surface area (Å²) in [5.41, 5.74) is 2.51. The molecule has 2 nitrogen and oxygen atoms in total. The Balaban J connectivity index is 1.61. The first-order chi connectivity index (χ1) is 12.2. The topological polar surface area (TPSA) is 6.48 Å². The molecule has 4 rings (SSSR count). The van der Waals surface area contributed by atoms with Gasteiger partial charge in [0.15, 0.2) is 0 Å². The van der Waals surface area contributed by atoms with Crippen molar-refractivity contribution in [2.24, 2.45) is 0 Å². The maximum atomic E-state index is 14.0. The lowest BCUT2D eigenvalue weighted by Crippen LogP contribution is -2.44. The highest BCUT2D eigenvalue weighted by atomic mass is 32.2. The van der Waals surface area contributed by atoms with E-state index in [2.05, 4.69) is 40.4 Å². The van der Waals surface area contributed by atoms with Crippen LogP contribution in [0.2, 0.25) is 0 Å². The zero-order valence-corrected chi connectivity index (χ0v) is 15.6. The number of halogens is 1. The molecular formula is C21H25FN2S. The van der Waals surface area contributed by atoms with Crippen LogP contribution in [-0.2, 0) is 5.41 Å². The normalized spacial score (nSPS) is 19.4. The van der Waals surface area contributed by atoms with Gasteiger partial charge in [0.25, 0.3) is 0 Å². The Bertz CT molecular complexity index is 726. The van der Waals surface area contributed by atoms with Crippen molar-refractivity contribution in [2.75, 3.05) is 30.5 Å². The average Bonchev–Trinajstić information content (AvgIpc) is 2.91. The third kappa shape index (κ3) is 3.30. The van der Waals surface area contributed by atoms with Gasteiger partial charge in [-0.3, -0.25) is 0 Å². The molecule has 0 bridgehead atoms. The summed E-state index contributed by atoms with van der Waals surface area (Å²) in [6.45, 7) is 6.63. The van der Waals surface area contributed by atoms with Gasteiger partial charge in [0, 0.05) is 16.9 Å². The van der Waals surface area contributed by atoms with Crippen molar-refractivity contribution < 1.29 is 4.39 Å². The fraction of sp³-hybridized carbons (Fsp3) is 0.429. The van der Waals surface area contributed by atoms with Crippen LogP contribution in [0.25, 0.3) is 0 Å². The van der Waals surface area contributed by atoms with Crippen LogP contribution in [0, 0.1) is 5.82 Å². The number of likely N-dealkylation sites (tertiary alicyclic amines) is 1. The van der Waals surface area contributed by atoms with Crippen molar-refractivity contribution in [3.8, 4) is 0 Å². The van der Waals surface area contributed by atoms with E-state index in [0.29, 0.717) is 0 Å². The molecule has 4 heteroatoms. The summed E-state index contributed by atoms with van der Waals surface area (Å²) >= 11 is 1.78. The van der Waals surface area contributed by atoms with Crippen LogP contribution >= 0.6 is 11.9 Å². The highest BCUT2D eigenvalue weighted by Gasteiger charge is 2.45. The fourth-order valence-corrected chi connectivity index (χ4v) is 5.34. The van der Waals surface area contributed by atoms with Gasteiger partial charge in [0.05, 0.1) is 5.69 Å². The molecule has 0 N–H and O–H groups in total. The minimum absolute atomic E-state index is 0.101. The zero-order valence-electron chi connectivity index (χ0n) is 14.7. The van der Waals surface area contributed by atoms with Crippen LogP contribution in [0.5, 0.6) is 0 Å². The lowest BCUT2D eigenvalue weighted by molar-refractivity contribution is 0.168. The molecule has 132 valence electrons. The first kappa shape index (κ1) is 16.9. The van der Waals surface area contributed by atoms with E-state index in [9.17, 15) is 4.39 Å². The quantitative estimate of drug-likeness (QED) is 0.704. The number of piperidine rings is 1. The van der Waals surface area contributed by atoms with E-state index < -0.39 is 0 Å². The van der Waals surface area contributed by atoms with E-state index >= 15 is 0 Å². The van der Waals surface area contributed by atoms with Gasteiger partial charge in [-0.05, 0) is 86.7 Å². The van der Waals surface area contributed by atoms with Gasteiger partial charge >= 0.3 is 0 Å². The summed E-state index contributed by atoms with van der Waals surface area (Å²) in [7, 11) is 0. The van der Waals surface area contributed by atoms with Crippen molar-refractivity contribution in [1.82, 2.24) is 4.90 Å². The van der Waals surface area contributed by atoms with Gasteiger partial charge < -0.3 is 9.21 Å². The number of benzene rings is 2. The summed E-state index contributed by atoms with van der Waals surface area (Å²) in [6, 6.07) is 15.8. The molecule has 25 heavy (non-hydrogen) atoms. The molecule has 1 fully saturated rings. The second-order valence-corrected chi connectivity index (χ2v) is 8.32. The van der Waals surface area contributed by atoms with Crippen LogP contribution in [-0.4, -0.2) is 31.1 Å². The molecule has 2 heterocycles. The number of rotatable bonds is 4.